The van der Waals surface area contributed by atoms with Gasteiger partial charge in [-0.1, -0.05) is 25.4 Å². The van der Waals surface area contributed by atoms with E-state index in [0.29, 0.717) is 54.9 Å². The molecule has 37 heavy (non-hydrogen) atoms. The van der Waals surface area contributed by atoms with Crippen LogP contribution in [0.2, 0.25) is 5.02 Å². The Labute approximate surface area is 222 Å². The maximum absolute atomic E-state index is 12.9. The Hall–Kier alpha value is -3.33. The van der Waals surface area contributed by atoms with Crippen LogP contribution < -0.4 is 15.1 Å². The highest BCUT2D eigenvalue weighted by Crippen LogP contribution is 2.33. The smallest absolute Gasteiger partial charge is 0.293 e. The quantitative estimate of drug-likeness (QED) is 0.393. The highest BCUT2D eigenvalue weighted by molar-refractivity contribution is 6.33. The normalized spacial score (nSPS) is 16.2. The molecule has 0 radical (unpaired) electrons. The number of amides is 2. The fourth-order valence-electron chi connectivity index (χ4n) is 4.93. The van der Waals surface area contributed by atoms with Gasteiger partial charge in [-0.3, -0.25) is 19.7 Å². The maximum Gasteiger partial charge on any atom is 0.293 e. The number of piperidine rings is 1. The van der Waals surface area contributed by atoms with E-state index in [1.807, 2.05) is 29.7 Å². The van der Waals surface area contributed by atoms with Gasteiger partial charge in [0.05, 0.1) is 15.6 Å². The highest BCUT2D eigenvalue weighted by Gasteiger charge is 2.25. The summed E-state index contributed by atoms with van der Waals surface area (Å²) in [7, 11) is 0. The number of anilines is 3. The summed E-state index contributed by atoms with van der Waals surface area (Å²) in [6.45, 7) is 8.30. The lowest BCUT2D eigenvalue weighted by Gasteiger charge is -2.36. The molecule has 198 valence electrons. The maximum atomic E-state index is 12.9. The molecular weight excluding hydrogens is 494 g/mol. The Kier molecular flexibility index (Phi) is 8.53. The first-order valence-corrected chi connectivity index (χ1v) is 13.3. The van der Waals surface area contributed by atoms with Crippen LogP contribution in [0.4, 0.5) is 22.7 Å². The third-order valence-electron chi connectivity index (χ3n) is 6.89. The van der Waals surface area contributed by atoms with Crippen LogP contribution in [0, 0.1) is 16.0 Å². The van der Waals surface area contributed by atoms with Crippen molar-refractivity contribution in [3.63, 3.8) is 0 Å². The van der Waals surface area contributed by atoms with Gasteiger partial charge in [-0.25, -0.2) is 0 Å². The molecule has 2 heterocycles. The van der Waals surface area contributed by atoms with Crippen molar-refractivity contribution in [2.75, 3.05) is 54.4 Å². The summed E-state index contributed by atoms with van der Waals surface area (Å²) in [5.41, 5.74) is 2.06. The van der Waals surface area contributed by atoms with E-state index in [1.165, 1.54) is 6.07 Å². The molecule has 2 aromatic carbocycles. The molecule has 0 saturated carbocycles. The minimum Gasteiger partial charge on any atom is -0.367 e. The Morgan fingerprint density at radius 2 is 1.59 bits per heavy atom. The summed E-state index contributed by atoms with van der Waals surface area (Å²) in [6, 6.07) is 9.94. The molecule has 10 heteroatoms. The van der Waals surface area contributed by atoms with Gasteiger partial charge >= 0.3 is 0 Å². The third-order valence-corrected chi connectivity index (χ3v) is 7.20. The minimum absolute atomic E-state index is 0.0612. The zero-order valence-corrected chi connectivity index (χ0v) is 22.2. The van der Waals surface area contributed by atoms with Crippen LogP contribution in [0.3, 0.4) is 0 Å². The molecule has 0 spiro atoms. The third kappa shape index (κ3) is 6.52. The number of rotatable bonds is 7. The molecule has 0 atom stereocenters. The summed E-state index contributed by atoms with van der Waals surface area (Å²) in [4.78, 5) is 42.6. The SMILES string of the molecule is CC(C)CC(=O)N1CCN(c2ccc(NC(=O)c3ccc(N4CCCCC4)c([N+](=O)[O-])c3)cc2Cl)CC1. The van der Waals surface area contributed by atoms with Crippen LogP contribution >= 0.6 is 11.6 Å². The van der Waals surface area contributed by atoms with Gasteiger partial charge in [-0.2, -0.15) is 0 Å². The number of nitrogens with one attached hydrogen (secondary N) is 1. The number of carbonyl (C=O) groups is 2. The predicted octanol–water partition coefficient (Wildman–Crippen LogP) is 5.19. The lowest BCUT2D eigenvalue weighted by Crippen LogP contribution is -2.49. The van der Waals surface area contributed by atoms with Crippen molar-refractivity contribution in [3.8, 4) is 0 Å². The van der Waals surface area contributed by atoms with Crippen LogP contribution in [-0.4, -0.2) is 60.9 Å². The Balaban J connectivity index is 1.41. The van der Waals surface area contributed by atoms with Crippen molar-refractivity contribution in [1.82, 2.24) is 4.90 Å². The molecule has 2 saturated heterocycles. The van der Waals surface area contributed by atoms with Gasteiger partial charge in [0.2, 0.25) is 5.91 Å². The standard InChI is InChI=1S/C27H34ClN5O4/c1-19(2)16-26(34)32-14-12-31(13-15-32)23-9-7-21(18-22(23)28)29-27(35)20-6-8-24(25(17-20)33(36)37)30-10-4-3-5-11-30/h6-9,17-19H,3-5,10-16H2,1-2H3,(H,29,35). The molecule has 0 unspecified atom stereocenters. The largest absolute Gasteiger partial charge is 0.367 e. The summed E-state index contributed by atoms with van der Waals surface area (Å²) >= 11 is 6.57. The van der Waals surface area contributed by atoms with E-state index in [-0.39, 0.29) is 17.2 Å². The molecule has 2 aliphatic heterocycles. The van der Waals surface area contributed by atoms with Gasteiger partial charge in [0.15, 0.2) is 0 Å². The first kappa shape index (κ1) is 26.7. The zero-order chi connectivity index (χ0) is 26.5. The average molecular weight is 528 g/mol. The monoisotopic (exact) mass is 527 g/mol. The molecule has 0 aromatic heterocycles. The van der Waals surface area contributed by atoms with Crippen LogP contribution in [0.5, 0.6) is 0 Å². The Morgan fingerprint density at radius 1 is 0.946 bits per heavy atom. The van der Waals surface area contributed by atoms with Gasteiger partial charge in [-0.15, -0.1) is 0 Å². The van der Waals surface area contributed by atoms with Crippen molar-refractivity contribution >= 4 is 46.2 Å². The molecular formula is C27H34ClN5O4. The number of hydrogen-bond acceptors (Lipinski definition) is 6. The average Bonchev–Trinajstić information content (AvgIpc) is 2.88. The number of nitro groups is 1. The first-order valence-electron chi connectivity index (χ1n) is 12.9. The summed E-state index contributed by atoms with van der Waals surface area (Å²) in [6.07, 6.45) is 3.68. The Morgan fingerprint density at radius 3 is 2.22 bits per heavy atom. The topological polar surface area (TPSA) is 99.0 Å². The molecule has 9 nitrogen and oxygen atoms in total. The number of halogens is 1. The van der Waals surface area contributed by atoms with Crippen LogP contribution in [-0.2, 0) is 4.79 Å². The van der Waals surface area contributed by atoms with E-state index >= 15 is 0 Å². The minimum atomic E-state index is -0.436. The highest BCUT2D eigenvalue weighted by atomic mass is 35.5. The van der Waals surface area contributed by atoms with Gasteiger partial charge < -0.3 is 20.0 Å². The van der Waals surface area contributed by atoms with E-state index < -0.39 is 10.8 Å². The van der Waals surface area contributed by atoms with Crippen LogP contribution in [0.15, 0.2) is 36.4 Å². The van der Waals surface area contributed by atoms with Gasteiger partial charge in [0.1, 0.15) is 5.69 Å². The van der Waals surface area contributed by atoms with Crippen molar-refractivity contribution in [2.45, 2.75) is 39.5 Å². The number of nitro benzene ring substituents is 1. The summed E-state index contributed by atoms with van der Waals surface area (Å²) < 4.78 is 0. The van der Waals surface area contributed by atoms with E-state index in [4.69, 9.17) is 11.6 Å². The fraction of sp³-hybridized carbons (Fsp3) is 0.481. The Bertz CT molecular complexity index is 1160. The molecule has 2 amide bonds. The summed E-state index contributed by atoms with van der Waals surface area (Å²) in [5, 5.41) is 15.0. The van der Waals surface area contributed by atoms with E-state index in [2.05, 4.69) is 10.2 Å². The second-order valence-electron chi connectivity index (χ2n) is 10.1. The van der Waals surface area contributed by atoms with Gasteiger partial charge in [0, 0.05) is 63.0 Å². The van der Waals surface area contributed by atoms with E-state index in [1.54, 1.807) is 24.3 Å². The molecule has 4 rings (SSSR count). The van der Waals surface area contributed by atoms with Gasteiger partial charge in [0.25, 0.3) is 11.6 Å². The zero-order valence-electron chi connectivity index (χ0n) is 21.4. The van der Waals surface area contributed by atoms with Crippen molar-refractivity contribution in [1.29, 1.82) is 0 Å². The lowest BCUT2D eigenvalue weighted by atomic mass is 10.1. The van der Waals surface area contributed by atoms with E-state index in [0.717, 1.165) is 38.0 Å². The first-order chi connectivity index (χ1) is 17.7. The molecule has 2 aromatic rings. The van der Waals surface area contributed by atoms with Crippen LogP contribution in [0.25, 0.3) is 0 Å². The lowest BCUT2D eigenvalue weighted by molar-refractivity contribution is -0.384. The number of benzene rings is 2. The molecule has 2 fully saturated rings. The van der Waals surface area contributed by atoms with Crippen molar-refractivity contribution < 1.29 is 14.5 Å². The second kappa shape index (κ2) is 11.8. The number of piperazine rings is 1. The molecule has 0 aliphatic carbocycles. The van der Waals surface area contributed by atoms with E-state index in [9.17, 15) is 19.7 Å². The fourth-order valence-corrected chi connectivity index (χ4v) is 5.23. The van der Waals surface area contributed by atoms with Crippen LogP contribution in [0.1, 0.15) is 49.9 Å². The summed E-state index contributed by atoms with van der Waals surface area (Å²) in [5.74, 6) is 0.0823. The molecule has 0 bridgehead atoms. The van der Waals surface area contributed by atoms with Gasteiger partial charge in [-0.05, 0) is 55.5 Å². The number of hydrogen-bond donors (Lipinski definition) is 1. The molecule has 2 aliphatic rings. The predicted molar refractivity (Wildman–Crippen MR) is 147 cm³/mol. The number of nitrogens with zero attached hydrogens (tertiary/aromatic N) is 4. The molecule has 1 N–H and O–H groups in total. The van der Waals surface area contributed by atoms with Crippen molar-refractivity contribution in [3.05, 3.63) is 57.1 Å². The van der Waals surface area contributed by atoms with Crippen molar-refractivity contribution in [2.24, 2.45) is 5.92 Å². The second-order valence-corrected chi connectivity index (χ2v) is 10.5. The number of carbonyl (C=O) groups excluding carboxylic acids is 2.